The zero-order chi connectivity index (χ0) is 16.9. The lowest BCUT2D eigenvalue weighted by Crippen LogP contribution is -2.36. The van der Waals surface area contributed by atoms with Gasteiger partial charge < -0.3 is 10.1 Å². The summed E-state index contributed by atoms with van der Waals surface area (Å²) in [5.74, 6) is -0.168. The molecule has 1 unspecified atom stereocenters. The third-order valence-corrected chi connectivity index (χ3v) is 4.40. The van der Waals surface area contributed by atoms with Gasteiger partial charge in [-0.05, 0) is 36.6 Å². The summed E-state index contributed by atoms with van der Waals surface area (Å²) in [6.45, 7) is 2.37. The number of methoxy groups -OCH3 is 1. The zero-order valence-corrected chi connectivity index (χ0v) is 14.4. The highest BCUT2D eigenvalue weighted by Crippen LogP contribution is 2.25. The van der Waals surface area contributed by atoms with E-state index in [9.17, 15) is 4.79 Å². The van der Waals surface area contributed by atoms with Crippen LogP contribution in [0.15, 0.2) is 53.9 Å². The Morgan fingerprint density at radius 2 is 2.08 bits per heavy atom. The van der Waals surface area contributed by atoms with Gasteiger partial charge in [-0.25, -0.2) is 4.68 Å². The Balaban J connectivity index is 1.98. The minimum absolute atomic E-state index is 0.0770. The molecule has 0 radical (unpaired) electrons. The molecule has 3 rings (SSSR count). The predicted octanol–water partition coefficient (Wildman–Crippen LogP) is 3.37. The average Bonchev–Trinajstić information content (AvgIpc) is 3.25. The van der Waals surface area contributed by atoms with E-state index in [4.69, 9.17) is 4.74 Å². The molecule has 3 aromatic rings. The summed E-state index contributed by atoms with van der Waals surface area (Å²) in [5.41, 5.74) is 2.15. The van der Waals surface area contributed by atoms with Crippen molar-refractivity contribution in [3.8, 4) is 16.3 Å². The lowest BCUT2D eigenvalue weighted by Gasteiger charge is -2.13. The van der Waals surface area contributed by atoms with Gasteiger partial charge >= 0.3 is 0 Å². The maximum Gasteiger partial charge on any atom is 0.270 e. The normalized spacial score (nSPS) is 12.1. The number of hydrogen-bond acceptors (Lipinski definition) is 4. The second-order valence-corrected chi connectivity index (χ2v) is 6.42. The maximum atomic E-state index is 12.7. The SMILES string of the molecule is COCC(C)NC(=O)c1cc(-c2cccs2)nn1-c1ccccc1. The zero-order valence-electron chi connectivity index (χ0n) is 13.6. The third-order valence-electron chi connectivity index (χ3n) is 3.51. The van der Waals surface area contributed by atoms with E-state index in [1.54, 1.807) is 23.1 Å². The van der Waals surface area contributed by atoms with Gasteiger partial charge in [0.15, 0.2) is 0 Å². The number of carbonyl (C=O) groups excluding carboxylic acids is 1. The quantitative estimate of drug-likeness (QED) is 0.748. The molecule has 0 fully saturated rings. The van der Waals surface area contributed by atoms with Gasteiger partial charge in [-0.3, -0.25) is 4.79 Å². The Hall–Kier alpha value is -2.44. The van der Waals surface area contributed by atoms with Gasteiger partial charge in [0.1, 0.15) is 11.4 Å². The van der Waals surface area contributed by atoms with E-state index in [-0.39, 0.29) is 11.9 Å². The topological polar surface area (TPSA) is 56.1 Å². The van der Waals surface area contributed by atoms with Crippen molar-refractivity contribution >= 4 is 17.2 Å². The first-order valence-corrected chi connectivity index (χ1v) is 8.56. The third kappa shape index (κ3) is 3.55. The molecule has 0 aliphatic heterocycles. The number of rotatable bonds is 6. The van der Waals surface area contributed by atoms with Crippen molar-refractivity contribution in [1.29, 1.82) is 0 Å². The van der Waals surface area contributed by atoms with E-state index in [1.807, 2.05) is 60.8 Å². The van der Waals surface area contributed by atoms with Crippen molar-refractivity contribution in [3.63, 3.8) is 0 Å². The van der Waals surface area contributed by atoms with Crippen LogP contribution in [0.4, 0.5) is 0 Å². The van der Waals surface area contributed by atoms with Crippen molar-refractivity contribution in [2.45, 2.75) is 13.0 Å². The standard InChI is InChI=1S/C18H19N3O2S/c1-13(12-23-2)19-18(22)16-11-15(17-9-6-10-24-17)20-21(16)14-7-4-3-5-8-14/h3-11,13H,12H2,1-2H3,(H,19,22). The fourth-order valence-electron chi connectivity index (χ4n) is 2.44. The lowest BCUT2D eigenvalue weighted by atomic mass is 10.2. The Morgan fingerprint density at radius 3 is 2.75 bits per heavy atom. The molecule has 1 amide bonds. The van der Waals surface area contributed by atoms with Crippen LogP contribution in [0.25, 0.3) is 16.3 Å². The molecule has 0 saturated heterocycles. The summed E-state index contributed by atoms with van der Waals surface area (Å²) in [4.78, 5) is 13.7. The molecule has 0 aliphatic rings. The van der Waals surface area contributed by atoms with Crippen LogP contribution < -0.4 is 5.32 Å². The summed E-state index contributed by atoms with van der Waals surface area (Å²) in [5, 5.41) is 9.57. The van der Waals surface area contributed by atoms with E-state index < -0.39 is 0 Å². The van der Waals surface area contributed by atoms with Crippen LogP contribution in [0, 0.1) is 0 Å². The van der Waals surface area contributed by atoms with Crippen LogP contribution in [-0.2, 0) is 4.74 Å². The van der Waals surface area contributed by atoms with Gasteiger partial charge in [-0.2, -0.15) is 5.10 Å². The average molecular weight is 341 g/mol. The molecular weight excluding hydrogens is 322 g/mol. The number of nitrogens with one attached hydrogen (secondary N) is 1. The van der Waals surface area contributed by atoms with Crippen molar-refractivity contribution < 1.29 is 9.53 Å². The van der Waals surface area contributed by atoms with Gasteiger partial charge in [0.25, 0.3) is 5.91 Å². The number of thiophene rings is 1. The van der Waals surface area contributed by atoms with E-state index in [0.29, 0.717) is 12.3 Å². The fourth-order valence-corrected chi connectivity index (χ4v) is 3.12. The van der Waals surface area contributed by atoms with Crippen LogP contribution in [-0.4, -0.2) is 35.4 Å². The Bertz CT molecular complexity index is 797. The van der Waals surface area contributed by atoms with Crippen LogP contribution in [0.3, 0.4) is 0 Å². The number of nitrogens with zero attached hydrogens (tertiary/aromatic N) is 2. The molecule has 124 valence electrons. The minimum Gasteiger partial charge on any atom is -0.383 e. The molecule has 0 spiro atoms. The largest absolute Gasteiger partial charge is 0.383 e. The van der Waals surface area contributed by atoms with Crippen molar-refractivity contribution in [2.75, 3.05) is 13.7 Å². The molecule has 1 aromatic carbocycles. The molecule has 2 aromatic heterocycles. The molecule has 2 heterocycles. The lowest BCUT2D eigenvalue weighted by molar-refractivity contribution is 0.0898. The van der Waals surface area contributed by atoms with Gasteiger partial charge in [0.2, 0.25) is 0 Å². The summed E-state index contributed by atoms with van der Waals surface area (Å²) in [6, 6.07) is 15.4. The van der Waals surface area contributed by atoms with Crippen LogP contribution in [0.5, 0.6) is 0 Å². The first kappa shape index (κ1) is 16.4. The Morgan fingerprint density at radius 1 is 1.29 bits per heavy atom. The molecule has 0 saturated carbocycles. The summed E-state index contributed by atoms with van der Waals surface area (Å²) in [7, 11) is 1.62. The van der Waals surface area contributed by atoms with E-state index >= 15 is 0 Å². The minimum atomic E-state index is -0.168. The van der Waals surface area contributed by atoms with E-state index in [2.05, 4.69) is 10.4 Å². The number of hydrogen-bond donors (Lipinski definition) is 1. The van der Waals surface area contributed by atoms with Gasteiger partial charge in [0, 0.05) is 13.2 Å². The molecule has 0 aliphatic carbocycles. The summed E-state index contributed by atoms with van der Waals surface area (Å²) < 4.78 is 6.77. The highest BCUT2D eigenvalue weighted by molar-refractivity contribution is 7.13. The van der Waals surface area contributed by atoms with Gasteiger partial charge in [-0.1, -0.05) is 24.3 Å². The van der Waals surface area contributed by atoms with Crippen LogP contribution in [0.1, 0.15) is 17.4 Å². The monoisotopic (exact) mass is 341 g/mol. The van der Waals surface area contributed by atoms with Crippen molar-refractivity contribution in [1.82, 2.24) is 15.1 Å². The fraction of sp³-hybridized carbons (Fsp3) is 0.222. The molecule has 5 nitrogen and oxygen atoms in total. The van der Waals surface area contributed by atoms with Gasteiger partial charge in [-0.15, -0.1) is 11.3 Å². The number of benzene rings is 1. The number of aromatic nitrogens is 2. The number of amides is 1. The number of ether oxygens (including phenoxy) is 1. The molecule has 0 bridgehead atoms. The maximum absolute atomic E-state index is 12.7. The summed E-state index contributed by atoms with van der Waals surface area (Å²) >= 11 is 1.60. The summed E-state index contributed by atoms with van der Waals surface area (Å²) in [6.07, 6.45) is 0. The highest BCUT2D eigenvalue weighted by atomic mass is 32.1. The molecule has 1 atom stereocenters. The second-order valence-electron chi connectivity index (χ2n) is 5.47. The number of carbonyl (C=O) groups is 1. The van der Waals surface area contributed by atoms with Crippen molar-refractivity contribution in [3.05, 3.63) is 59.6 Å². The smallest absolute Gasteiger partial charge is 0.270 e. The first-order chi connectivity index (χ1) is 11.7. The first-order valence-electron chi connectivity index (χ1n) is 7.68. The van der Waals surface area contributed by atoms with E-state index in [1.165, 1.54) is 0 Å². The Kier molecular flexibility index (Phi) is 5.08. The van der Waals surface area contributed by atoms with Gasteiger partial charge in [0.05, 0.1) is 17.2 Å². The van der Waals surface area contributed by atoms with E-state index in [0.717, 1.165) is 16.3 Å². The predicted molar refractivity (Wildman–Crippen MR) is 95.7 cm³/mol. The Labute approximate surface area is 144 Å². The van der Waals surface area contributed by atoms with Crippen molar-refractivity contribution in [2.24, 2.45) is 0 Å². The second kappa shape index (κ2) is 7.42. The van der Waals surface area contributed by atoms with Crippen LogP contribution in [0.2, 0.25) is 0 Å². The molecule has 1 N–H and O–H groups in total. The number of para-hydroxylation sites is 1. The highest BCUT2D eigenvalue weighted by Gasteiger charge is 2.19. The molecule has 6 heteroatoms. The molecule has 24 heavy (non-hydrogen) atoms. The van der Waals surface area contributed by atoms with Crippen LogP contribution >= 0.6 is 11.3 Å². The molecular formula is C18H19N3O2S.